The molecule has 2 aromatic rings. The van der Waals surface area contributed by atoms with Crippen LogP contribution >= 0.6 is 0 Å². The number of unbranched alkanes of at least 4 members (excludes halogenated alkanes) is 9. The molecule has 1 atom stereocenters. The molecule has 0 fully saturated rings. The second kappa shape index (κ2) is 19.7. The molecule has 2 rings (SSSR count). The summed E-state index contributed by atoms with van der Waals surface area (Å²) in [7, 11) is 4.50. The first-order valence-electron chi connectivity index (χ1n) is 15.6. The third-order valence-corrected chi connectivity index (χ3v) is 7.44. The fourth-order valence-corrected chi connectivity index (χ4v) is 5.08. The van der Waals surface area contributed by atoms with E-state index in [4.69, 9.17) is 9.47 Å². The Hall–Kier alpha value is -2.33. The van der Waals surface area contributed by atoms with E-state index >= 15 is 0 Å². The summed E-state index contributed by atoms with van der Waals surface area (Å²) in [5, 5.41) is 0. The standard InChI is InChI=1S/C35H56NO3/c1-5-6-7-8-9-10-11-12-14-20-32-23-19-24-34(29-32)39-31(2)26-28-38-35(37)25-17-18-27-36(3,4)30-33-21-15-13-16-22-33/h13,15-16,19,21-24,29,31H,5-12,14,17-18,20,25-28,30H2,1-4H3/q+1. The zero-order valence-electron chi connectivity index (χ0n) is 25.5. The van der Waals surface area contributed by atoms with Gasteiger partial charge in [0.2, 0.25) is 0 Å². The van der Waals surface area contributed by atoms with Crippen molar-refractivity contribution in [2.75, 3.05) is 27.2 Å². The summed E-state index contributed by atoms with van der Waals surface area (Å²) < 4.78 is 12.5. The second-order valence-electron chi connectivity index (χ2n) is 11.9. The Labute approximate surface area is 239 Å². The summed E-state index contributed by atoms with van der Waals surface area (Å²) in [6.07, 6.45) is 16.4. The molecule has 4 nitrogen and oxygen atoms in total. The number of carbonyl (C=O) groups is 1. The van der Waals surface area contributed by atoms with Crippen LogP contribution in [0.4, 0.5) is 0 Å². The molecule has 0 saturated heterocycles. The Morgan fingerprint density at radius 2 is 1.46 bits per heavy atom. The van der Waals surface area contributed by atoms with Gasteiger partial charge in [-0.05, 0) is 50.3 Å². The number of aryl methyl sites for hydroxylation is 1. The van der Waals surface area contributed by atoms with Gasteiger partial charge in [0.25, 0.3) is 0 Å². The van der Waals surface area contributed by atoms with Crippen molar-refractivity contribution in [1.82, 2.24) is 0 Å². The predicted octanol–water partition coefficient (Wildman–Crippen LogP) is 8.91. The molecule has 218 valence electrons. The number of hydrogen-bond donors (Lipinski definition) is 0. The van der Waals surface area contributed by atoms with Crippen LogP contribution in [0.5, 0.6) is 5.75 Å². The summed E-state index contributed by atoms with van der Waals surface area (Å²) in [6, 6.07) is 19.1. The first-order chi connectivity index (χ1) is 18.9. The SMILES string of the molecule is CCCCCCCCCCCc1cccc(OC(C)CCOC(=O)CCCC[N+](C)(C)Cc2ccccc2)c1. The van der Waals surface area contributed by atoms with Crippen LogP contribution in [-0.2, 0) is 22.5 Å². The Morgan fingerprint density at radius 1 is 0.795 bits per heavy atom. The second-order valence-corrected chi connectivity index (χ2v) is 11.9. The Balaban J connectivity index is 1.53. The van der Waals surface area contributed by atoms with Crippen molar-refractivity contribution in [3.05, 3.63) is 65.7 Å². The number of carbonyl (C=O) groups excluding carboxylic acids is 1. The van der Waals surface area contributed by atoms with Gasteiger partial charge >= 0.3 is 5.97 Å². The van der Waals surface area contributed by atoms with Gasteiger partial charge in [0.05, 0.1) is 33.4 Å². The smallest absolute Gasteiger partial charge is 0.305 e. The average Bonchev–Trinajstić information content (AvgIpc) is 2.91. The number of esters is 1. The van der Waals surface area contributed by atoms with Gasteiger partial charge in [0.1, 0.15) is 12.3 Å². The number of benzene rings is 2. The van der Waals surface area contributed by atoms with Crippen molar-refractivity contribution < 1.29 is 18.8 Å². The van der Waals surface area contributed by atoms with Crippen molar-refractivity contribution in [3.8, 4) is 5.75 Å². The normalized spacial score (nSPS) is 12.3. The maximum atomic E-state index is 12.2. The van der Waals surface area contributed by atoms with Crippen molar-refractivity contribution >= 4 is 5.97 Å². The van der Waals surface area contributed by atoms with Crippen LogP contribution < -0.4 is 4.74 Å². The zero-order valence-corrected chi connectivity index (χ0v) is 25.5. The highest BCUT2D eigenvalue weighted by Crippen LogP contribution is 2.19. The highest BCUT2D eigenvalue weighted by Gasteiger charge is 2.16. The highest BCUT2D eigenvalue weighted by atomic mass is 16.5. The van der Waals surface area contributed by atoms with Crippen LogP contribution in [-0.4, -0.2) is 43.8 Å². The Kier molecular flexibility index (Phi) is 16.6. The topological polar surface area (TPSA) is 35.5 Å². The molecule has 0 heterocycles. The molecule has 0 spiro atoms. The van der Waals surface area contributed by atoms with E-state index in [0.717, 1.165) is 42.6 Å². The average molecular weight is 539 g/mol. The molecule has 1 unspecified atom stereocenters. The van der Waals surface area contributed by atoms with Gasteiger partial charge in [-0.2, -0.15) is 0 Å². The van der Waals surface area contributed by atoms with Crippen molar-refractivity contribution in [2.24, 2.45) is 0 Å². The minimum atomic E-state index is -0.0986. The third-order valence-electron chi connectivity index (χ3n) is 7.44. The van der Waals surface area contributed by atoms with Gasteiger partial charge in [-0.3, -0.25) is 4.79 Å². The van der Waals surface area contributed by atoms with Gasteiger partial charge in [0, 0.05) is 18.4 Å². The molecule has 0 aliphatic heterocycles. The molecular weight excluding hydrogens is 482 g/mol. The molecule has 0 aliphatic carbocycles. The van der Waals surface area contributed by atoms with Crippen LogP contribution in [0.25, 0.3) is 0 Å². The highest BCUT2D eigenvalue weighted by molar-refractivity contribution is 5.69. The first-order valence-corrected chi connectivity index (χ1v) is 15.6. The lowest BCUT2D eigenvalue weighted by Gasteiger charge is -2.30. The molecule has 39 heavy (non-hydrogen) atoms. The van der Waals surface area contributed by atoms with Crippen molar-refractivity contribution in [2.45, 2.75) is 116 Å². The lowest BCUT2D eigenvalue weighted by molar-refractivity contribution is -0.903. The predicted molar refractivity (Wildman–Crippen MR) is 164 cm³/mol. The van der Waals surface area contributed by atoms with Gasteiger partial charge in [0.15, 0.2) is 0 Å². The largest absolute Gasteiger partial charge is 0.491 e. The molecule has 0 radical (unpaired) electrons. The van der Waals surface area contributed by atoms with E-state index in [-0.39, 0.29) is 12.1 Å². The quantitative estimate of drug-likeness (QED) is 0.0853. The number of quaternary nitrogens is 1. The molecule has 4 heteroatoms. The van der Waals surface area contributed by atoms with Crippen molar-refractivity contribution in [3.63, 3.8) is 0 Å². The van der Waals surface area contributed by atoms with E-state index < -0.39 is 0 Å². The molecule has 0 aromatic heterocycles. The molecule has 0 saturated carbocycles. The number of rotatable bonds is 22. The van der Waals surface area contributed by atoms with Crippen LogP contribution in [0.3, 0.4) is 0 Å². The van der Waals surface area contributed by atoms with Crippen molar-refractivity contribution in [1.29, 1.82) is 0 Å². The zero-order chi connectivity index (χ0) is 28.2. The minimum absolute atomic E-state index is 0.0110. The third kappa shape index (κ3) is 16.4. The lowest BCUT2D eigenvalue weighted by atomic mass is 10.0. The summed E-state index contributed by atoms with van der Waals surface area (Å²) in [5.41, 5.74) is 2.70. The minimum Gasteiger partial charge on any atom is -0.491 e. The molecule has 0 aliphatic rings. The summed E-state index contributed by atoms with van der Waals surface area (Å²) >= 11 is 0. The maximum absolute atomic E-state index is 12.2. The molecule has 0 amide bonds. The summed E-state index contributed by atoms with van der Waals surface area (Å²) in [6.45, 7) is 6.79. The van der Waals surface area contributed by atoms with Gasteiger partial charge in [-0.25, -0.2) is 0 Å². The molecule has 2 aromatic carbocycles. The van der Waals surface area contributed by atoms with E-state index in [0.29, 0.717) is 19.4 Å². The summed E-state index contributed by atoms with van der Waals surface area (Å²) in [5.74, 6) is 0.817. The van der Waals surface area contributed by atoms with E-state index in [1.54, 1.807) is 0 Å². The number of hydrogen-bond acceptors (Lipinski definition) is 3. The lowest BCUT2D eigenvalue weighted by Crippen LogP contribution is -2.39. The van der Waals surface area contributed by atoms with Gasteiger partial charge in [-0.15, -0.1) is 0 Å². The van der Waals surface area contributed by atoms with Crippen LogP contribution in [0.1, 0.15) is 108 Å². The van der Waals surface area contributed by atoms with E-state index in [1.807, 2.05) is 13.0 Å². The number of nitrogens with zero attached hydrogens (tertiary/aromatic N) is 1. The molecular formula is C35H56NO3+. The first kappa shape index (κ1) is 32.9. The van der Waals surface area contributed by atoms with E-state index in [2.05, 4.69) is 69.6 Å². The van der Waals surface area contributed by atoms with Crippen LogP contribution in [0.15, 0.2) is 54.6 Å². The van der Waals surface area contributed by atoms with Gasteiger partial charge in [-0.1, -0.05) is 101 Å². The van der Waals surface area contributed by atoms with Gasteiger partial charge < -0.3 is 14.0 Å². The van der Waals surface area contributed by atoms with E-state index in [9.17, 15) is 4.79 Å². The fraction of sp³-hybridized carbons (Fsp3) is 0.629. The fourth-order valence-electron chi connectivity index (χ4n) is 5.08. The molecule has 0 bridgehead atoms. The Morgan fingerprint density at radius 3 is 2.18 bits per heavy atom. The number of ether oxygens (including phenoxy) is 2. The summed E-state index contributed by atoms with van der Waals surface area (Å²) in [4.78, 5) is 12.2. The van der Waals surface area contributed by atoms with Crippen LogP contribution in [0.2, 0.25) is 0 Å². The maximum Gasteiger partial charge on any atom is 0.305 e. The van der Waals surface area contributed by atoms with Crippen LogP contribution in [0, 0.1) is 0 Å². The van der Waals surface area contributed by atoms with E-state index in [1.165, 1.54) is 68.9 Å². The Bertz CT molecular complexity index is 896. The molecule has 0 N–H and O–H groups in total. The monoisotopic (exact) mass is 538 g/mol.